The molecule has 1 N–H and O–H groups in total. The molecule has 3 aromatic rings. The minimum atomic E-state index is 0.0182. The highest BCUT2D eigenvalue weighted by atomic mass is 16.1. The first-order valence-electron chi connectivity index (χ1n) is 10.3. The molecule has 5 heteroatoms. The number of nitrogens with zero attached hydrogens (tertiary/aromatic N) is 3. The van der Waals surface area contributed by atoms with Crippen molar-refractivity contribution in [3.8, 4) is 0 Å². The number of rotatable bonds is 6. The number of likely N-dealkylation sites (N-methyl/N-ethyl adjacent to an activating group) is 1. The van der Waals surface area contributed by atoms with E-state index in [9.17, 15) is 4.79 Å². The van der Waals surface area contributed by atoms with E-state index in [-0.39, 0.29) is 5.91 Å². The molecule has 1 aliphatic rings. The van der Waals surface area contributed by atoms with Crippen LogP contribution in [0.3, 0.4) is 0 Å². The third-order valence-electron chi connectivity index (χ3n) is 5.58. The Morgan fingerprint density at radius 2 is 1.69 bits per heavy atom. The van der Waals surface area contributed by atoms with Crippen LogP contribution in [-0.4, -0.2) is 53.9 Å². The second-order valence-corrected chi connectivity index (χ2v) is 7.84. The van der Waals surface area contributed by atoms with Crippen LogP contribution >= 0.6 is 0 Å². The molecule has 0 unspecified atom stereocenters. The number of carbonyl (C=O) groups excluding carboxylic acids is 1. The Labute approximate surface area is 172 Å². The Bertz CT molecular complexity index is 957. The average molecular weight is 389 g/mol. The molecule has 29 heavy (non-hydrogen) atoms. The highest BCUT2D eigenvalue weighted by molar-refractivity contribution is 5.87. The largest absolute Gasteiger partial charge is 0.352 e. The van der Waals surface area contributed by atoms with Crippen LogP contribution in [0.15, 0.2) is 60.8 Å². The fraction of sp³-hybridized carbons (Fsp3) is 0.333. The molecule has 0 aliphatic carbocycles. The van der Waals surface area contributed by atoms with E-state index in [1.54, 1.807) is 6.20 Å². The van der Waals surface area contributed by atoms with Gasteiger partial charge >= 0.3 is 0 Å². The monoisotopic (exact) mass is 388 g/mol. The maximum Gasteiger partial charge on any atom is 0.224 e. The van der Waals surface area contributed by atoms with Crippen LogP contribution in [0, 0.1) is 0 Å². The van der Waals surface area contributed by atoms with Crippen molar-refractivity contribution in [1.29, 1.82) is 0 Å². The zero-order valence-electron chi connectivity index (χ0n) is 17.0. The zero-order valence-corrected chi connectivity index (χ0v) is 17.0. The van der Waals surface area contributed by atoms with E-state index in [0.29, 0.717) is 13.0 Å². The number of piperazine rings is 1. The maximum atomic E-state index is 12.4. The van der Waals surface area contributed by atoms with Crippen LogP contribution in [0.2, 0.25) is 0 Å². The fourth-order valence-electron chi connectivity index (χ4n) is 3.77. The van der Waals surface area contributed by atoms with Crippen LogP contribution in [0.4, 0.5) is 0 Å². The summed E-state index contributed by atoms with van der Waals surface area (Å²) in [5.74, 6) is 0.0182. The lowest BCUT2D eigenvalue weighted by molar-refractivity contribution is -0.120. The lowest BCUT2D eigenvalue weighted by atomic mass is 10.1. The van der Waals surface area contributed by atoms with E-state index >= 15 is 0 Å². The minimum absolute atomic E-state index is 0.0182. The average Bonchev–Trinajstić information content (AvgIpc) is 2.75. The number of pyridine rings is 1. The van der Waals surface area contributed by atoms with Crippen molar-refractivity contribution in [3.05, 3.63) is 77.5 Å². The summed E-state index contributed by atoms with van der Waals surface area (Å²) in [4.78, 5) is 21.7. The molecule has 0 spiro atoms. The Balaban J connectivity index is 1.29. The van der Waals surface area contributed by atoms with Gasteiger partial charge in [-0.05, 0) is 29.8 Å². The number of hydrogen-bond acceptors (Lipinski definition) is 4. The van der Waals surface area contributed by atoms with Gasteiger partial charge in [0.25, 0.3) is 0 Å². The van der Waals surface area contributed by atoms with Gasteiger partial charge in [0.05, 0.1) is 11.9 Å². The molecule has 0 bridgehead atoms. The van der Waals surface area contributed by atoms with Crippen molar-refractivity contribution >= 4 is 16.8 Å². The Kier molecular flexibility index (Phi) is 6.17. The lowest BCUT2D eigenvalue weighted by Gasteiger charge is -2.32. The molecule has 0 atom stereocenters. The zero-order chi connectivity index (χ0) is 20.1. The molecule has 5 nitrogen and oxygen atoms in total. The van der Waals surface area contributed by atoms with Crippen molar-refractivity contribution in [3.63, 3.8) is 0 Å². The number of nitrogens with one attached hydrogen (secondary N) is 1. The summed E-state index contributed by atoms with van der Waals surface area (Å²) < 4.78 is 0. The number of amides is 1. The predicted molar refractivity (Wildman–Crippen MR) is 117 cm³/mol. The van der Waals surface area contributed by atoms with Crippen LogP contribution in [0.5, 0.6) is 0 Å². The molecule has 0 saturated carbocycles. The van der Waals surface area contributed by atoms with Crippen molar-refractivity contribution < 1.29 is 4.79 Å². The molecule has 2 aromatic carbocycles. The predicted octanol–water partition coefficient (Wildman–Crippen LogP) is 2.84. The second kappa shape index (κ2) is 9.16. The minimum Gasteiger partial charge on any atom is -0.352 e. The number of aromatic nitrogens is 1. The van der Waals surface area contributed by atoms with Gasteiger partial charge in [-0.15, -0.1) is 0 Å². The van der Waals surface area contributed by atoms with E-state index < -0.39 is 0 Å². The third-order valence-corrected chi connectivity index (χ3v) is 5.58. The van der Waals surface area contributed by atoms with Crippen molar-refractivity contribution in [1.82, 2.24) is 20.1 Å². The number of carbonyl (C=O) groups is 1. The highest BCUT2D eigenvalue weighted by Gasteiger charge is 2.13. The molecule has 1 fully saturated rings. The van der Waals surface area contributed by atoms with Crippen LogP contribution in [0.1, 0.15) is 16.7 Å². The quantitative estimate of drug-likeness (QED) is 0.706. The molecule has 1 aromatic heterocycles. The van der Waals surface area contributed by atoms with E-state index in [1.165, 1.54) is 5.56 Å². The first-order chi connectivity index (χ1) is 14.2. The van der Waals surface area contributed by atoms with Gasteiger partial charge in [-0.1, -0.05) is 48.5 Å². The number of benzene rings is 2. The van der Waals surface area contributed by atoms with Crippen LogP contribution in [0.25, 0.3) is 10.9 Å². The van der Waals surface area contributed by atoms with Gasteiger partial charge in [0, 0.05) is 50.9 Å². The van der Waals surface area contributed by atoms with Crippen molar-refractivity contribution in [2.45, 2.75) is 19.5 Å². The maximum absolute atomic E-state index is 12.4. The van der Waals surface area contributed by atoms with Gasteiger partial charge in [0.1, 0.15) is 0 Å². The molecule has 1 saturated heterocycles. The Morgan fingerprint density at radius 3 is 2.48 bits per heavy atom. The van der Waals surface area contributed by atoms with E-state index in [2.05, 4.69) is 51.4 Å². The summed E-state index contributed by atoms with van der Waals surface area (Å²) in [6.45, 7) is 6.06. The molecule has 1 aliphatic heterocycles. The van der Waals surface area contributed by atoms with E-state index in [0.717, 1.165) is 54.8 Å². The standard InChI is InChI=1S/C24H28N4O/c1-27-12-14-28(15-13-27)18-20-9-7-19(8-10-20)17-26-23(29)16-22-5-2-4-21-6-3-11-25-24(21)22/h2-11H,12-18H2,1H3,(H,26,29). The summed E-state index contributed by atoms with van der Waals surface area (Å²) in [6, 6.07) is 18.5. The lowest BCUT2D eigenvalue weighted by Crippen LogP contribution is -2.43. The highest BCUT2D eigenvalue weighted by Crippen LogP contribution is 2.16. The molecule has 150 valence electrons. The summed E-state index contributed by atoms with van der Waals surface area (Å²) in [5, 5.41) is 4.10. The molecular formula is C24H28N4O. The van der Waals surface area contributed by atoms with Crippen molar-refractivity contribution in [2.24, 2.45) is 0 Å². The molecular weight excluding hydrogens is 360 g/mol. The van der Waals surface area contributed by atoms with Gasteiger partial charge < -0.3 is 10.2 Å². The topological polar surface area (TPSA) is 48.5 Å². The fourth-order valence-corrected chi connectivity index (χ4v) is 3.77. The van der Waals surface area contributed by atoms with Gasteiger partial charge in [0.15, 0.2) is 0 Å². The SMILES string of the molecule is CN1CCN(Cc2ccc(CNC(=O)Cc3cccc4cccnc34)cc2)CC1. The first-order valence-corrected chi connectivity index (χ1v) is 10.3. The smallest absolute Gasteiger partial charge is 0.224 e. The van der Waals surface area contributed by atoms with Gasteiger partial charge in [-0.3, -0.25) is 14.7 Å². The van der Waals surface area contributed by atoms with Crippen LogP contribution < -0.4 is 5.32 Å². The second-order valence-electron chi connectivity index (χ2n) is 7.84. The van der Waals surface area contributed by atoms with Crippen molar-refractivity contribution in [2.75, 3.05) is 33.2 Å². The number of hydrogen-bond donors (Lipinski definition) is 1. The summed E-state index contributed by atoms with van der Waals surface area (Å²) >= 11 is 0. The van der Waals surface area contributed by atoms with E-state index in [1.807, 2.05) is 30.3 Å². The third kappa shape index (κ3) is 5.19. The number of para-hydroxylation sites is 1. The van der Waals surface area contributed by atoms with Crippen LogP contribution in [-0.2, 0) is 24.3 Å². The van der Waals surface area contributed by atoms with Gasteiger partial charge in [-0.2, -0.15) is 0 Å². The molecule has 1 amide bonds. The summed E-state index contributed by atoms with van der Waals surface area (Å²) in [6.07, 6.45) is 2.11. The van der Waals surface area contributed by atoms with Gasteiger partial charge in [-0.25, -0.2) is 0 Å². The van der Waals surface area contributed by atoms with Gasteiger partial charge in [0.2, 0.25) is 5.91 Å². The molecule has 2 heterocycles. The Hall–Kier alpha value is -2.76. The normalized spacial score (nSPS) is 15.5. The summed E-state index contributed by atoms with van der Waals surface area (Å²) in [5.41, 5.74) is 4.31. The van der Waals surface area contributed by atoms with E-state index in [4.69, 9.17) is 0 Å². The molecule has 4 rings (SSSR count). The molecule has 0 radical (unpaired) electrons. The first kappa shape index (κ1) is 19.6. The number of fused-ring (bicyclic) bond motifs is 1. The Morgan fingerprint density at radius 1 is 0.966 bits per heavy atom. The summed E-state index contributed by atoms with van der Waals surface area (Å²) in [7, 11) is 2.18.